The molecule has 6 atom stereocenters. The van der Waals surface area contributed by atoms with E-state index < -0.39 is 23.2 Å². The summed E-state index contributed by atoms with van der Waals surface area (Å²) in [7, 11) is 0. The molecule has 39 heavy (non-hydrogen) atoms. The second-order valence-electron chi connectivity index (χ2n) is 12.5. The second-order valence-corrected chi connectivity index (χ2v) is 12.5. The number of fused-ring (bicyclic) bond motifs is 1. The van der Waals surface area contributed by atoms with Gasteiger partial charge in [-0.25, -0.2) is 0 Å². The minimum atomic E-state index is -1.37. The molecule has 2 saturated carbocycles. The number of hydrogen-bond donors (Lipinski definition) is 3. The topological polar surface area (TPSA) is 82.0 Å². The molecule has 3 fully saturated rings. The van der Waals surface area contributed by atoms with Crippen LogP contribution in [0.5, 0.6) is 11.5 Å². The molecule has 200 valence electrons. The Hall–Kier alpha value is -3.35. The number of piperidine rings is 1. The van der Waals surface area contributed by atoms with E-state index in [0.29, 0.717) is 12.2 Å². The average Bonchev–Trinajstić information content (AvgIpc) is 3.68. The minimum absolute atomic E-state index is 0.142. The third kappa shape index (κ3) is 3.13. The van der Waals surface area contributed by atoms with Gasteiger partial charge in [-0.1, -0.05) is 66.8 Å². The molecule has 2 heterocycles. The summed E-state index contributed by atoms with van der Waals surface area (Å²) in [6.07, 6.45) is 15.7. The first-order valence-corrected chi connectivity index (χ1v) is 14.3. The lowest BCUT2D eigenvalue weighted by Crippen LogP contribution is -2.81. The zero-order valence-electron chi connectivity index (χ0n) is 21.9. The number of aromatic hydroxyl groups is 1. The van der Waals surface area contributed by atoms with Crippen LogP contribution in [-0.2, 0) is 16.6 Å². The van der Waals surface area contributed by atoms with Crippen molar-refractivity contribution in [2.75, 3.05) is 13.1 Å². The molecule has 1 saturated heterocycles. The van der Waals surface area contributed by atoms with Gasteiger partial charge in [-0.3, -0.25) is 9.69 Å². The normalized spacial score (nSPS) is 37.3. The Morgan fingerprint density at radius 3 is 2.79 bits per heavy atom. The summed E-state index contributed by atoms with van der Waals surface area (Å²) in [5.74, 6) is 1.23. The molecule has 2 aromatic carbocycles. The van der Waals surface area contributed by atoms with E-state index >= 15 is 0 Å². The van der Waals surface area contributed by atoms with Crippen molar-refractivity contribution < 1.29 is 19.7 Å². The Bertz CT molecular complexity index is 1450. The summed E-state index contributed by atoms with van der Waals surface area (Å²) in [6.45, 7) is 2.08. The summed E-state index contributed by atoms with van der Waals surface area (Å²) in [4.78, 5) is 15.8. The SMILES string of the molecule is O=C(C=CC=Cc1ccccc1)N[C@H]1C[C@@]23C=C[C@@]1(O)[C@@H]1Oc4c(O)ccc5c4[C@@]12CCN(CC1CC1)[C@@H]3C5. The van der Waals surface area contributed by atoms with E-state index in [1.54, 1.807) is 12.1 Å². The first-order chi connectivity index (χ1) is 18.9. The number of phenolic OH excluding ortho intramolecular Hbond substituents is 1. The van der Waals surface area contributed by atoms with Crippen molar-refractivity contribution in [3.8, 4) is 11.5 Å². The van der Waals surface area contributed by atoms with Gasteiger partial charge in [0.1, 0.15) is 11.7 Å². The van der Waals surface area contributed by atoms with Gasteiger partial charge in [0.25, 0.3) is 0 Å². The zero-order chi connectivity index (χ0) is 26.4. The van der Waals surface area contributed by atoms with Crippen molar-refractivity contribution in [1.29, 1.82) is 0 Å². The Kier molecular flexibility index (Phi) is 4.88. The van der Waals surface area contributed by atoms with E-state index in [0.717, 1.165) is 43.0 Å². The number of phenols is 1. The molecule has 0 aromatic heterocycles. The standard InChI is InChI=1S/C33H34N2O4/c36-24-13-12-23-18-26-31-14-15-33(38,25(19-31)34-27(37)9-5-4-8-21-6-2-1-3-7-21)30-32(31,28(23)29(24)39-30)16-17-35(26)20-22-10-11-22/h1-9,12-15,22,25-26,30,36,38H,10-11,16-20H2,(H,34,37)/t25-,26+,30+,31+,32-,33-/m0/s1. The van der Waals surface area contributed by atoms with E-state index in [4.69, 9.17) is 4.74 Å². The molecule has 2 spiro atoms. The van der Waals surface area contributed by atoms with Gasteiger partial charge in [0.2, 0.25) is 5.91 Å². The monoisotopic (exact) mass is 522 g/mol. The maximum absolute atomic E-state index is 13.1. The summed E-state index contributed by atoms with van der Waals surface area (Å²) < 4.78 is 6.58. The van der Waals surface area contributed by atoms with Crippen molar-refractivity contribution in [2.45, 2.75) is 61.3 Å². The van der Waals surface area contributed by atoms with E-state index in [2.05, 4.69) is 22.4 Å². The van der Waals surface area contributed by atoms with Gasteiger partial charge in [0.15, 0.2) is 11.5 Å². The molecule has 6 heteroatoms. The van der Waals surface area contributed by atoms with E-state index in [-0.39, 0.29) is 23.1 Å². The van der Waals surface area contributed by atoms with Gasteiger partial charge in [-0.2, -0.15) is 0 Å². The molecule has 2 aromatic rings. The number of carbonyl (C=O) groups excluding carboxylic acids is 1. The predicted octanol–water partition coefficient (Wildman–Crippen LogP) is 3.88. The number of hydrogen-bond acceptors (Lipinski definition) is 5. The van der Waals surface area contributed by atoms with Crippen LogP contribution in [0.3, 0.4) is 0 Å². The fraction of sp³-hybridized carbons (Fsp3) is 0.424. The number of benzene rings is 2. The van der Waals surface area contributed by atoms with Crippen molar-refractivity contribution >= 4 is 12.0 Å². The van der Waals surface area contributed by atoms with E-state index in [1.165, 1.54) is 24.5 Å². The van der Waals surface area contributed by atoms with Crippen molar-refractivity contribution in [1.82, 2.24) is 10.2 Å². The number of aliphatic hydroxyl groups is 1. The van der Waals surface area contributed by atoms with E-state index in [1.807, 2.05) is 48.6 Å². The summed E-state index contributed by atoms with van der Waals surface area (Å²) >= 11 is 0. The average molecular weight is 523 g/mol. The third-order valence-corrected chi connectivity index (χ3v) is 10.5. The highest BCUT2D eigenvalue weighted by atomic mass is 16.5. The van der Waals surface area contributed by atoms with Crippen LogP contribution in [0, 0.1) is 11.3 Å². The van der Waals surface area contributed by atoms with Crippen LogP contribution in [0.25, 0.3) is 6.08 Å². The fourth-order valence-corrected chi connectivity index (χ4v) is 8.74. The molecule has 0 radical (unpaired) electrons. The van der Waals surface area contributed by atoms with Gasteiger partial charge in [0, 0.05) is 29.6 Å². The first-order valence-electron chi connectivity index (χ1n) is 14.3. The molecule has 0 unspecified atom stereocenters. The third-order valence-electron chi connectivity index (χ3n) is 10.5. The highest BCUT2D eigenvalue weighted by Gasteiger charge is 2.79. The van der Waals surface area contributed by atoms with Gasteiger partial charge in [0.05, 0.1) is 11.5 Å². The largest absolute Gasteiger partial charge is 0.504 e. The smallest absolute Gasteiger partial charge is 0.244 e. The van der Waals surface area contributed by atoms with Gasteiger partial charge < -0.3 is 20.3 Å². The van der Waals surface area contributed by atoms with Crippen LogP contribution in [0.15, 0.2) is 72.8 Å². The summed E-state index contributed by atoms with van der Waals surface area (Å²) in [5.41, 5.74) is 1.35. The van der Waals surface area contributed by atoms with Gasteiger partial charge in [-0.15, -0.1) is 0 Å². The fourth-order valence-electron chi connectivity index (χ4n) is 8.74. The molecule has 1 amide bonds. The number of allylic oxidation sites excluding steroid dienone is 2. The minimum Gasteiger partial charge on any atom is -0.504 e. The van der Waals surface area contributed by atoms with Gasteiger partial charge >= 0.3 is 0 Å². The number of nitrogens with one attached hydrogen (secondary N) is 1. The van der Waals surface area contributed by atoms with Crippen LogP contribution >= 0.6 is 0 Å². The highest BCUT2D eigenvalue weighted by molar-refractivity contribution is 5.88. The Morgan fingerprint density at radius 2 is 1.97 bits per heavy atom. The molecule has 2 aliphatic heterocycles. The maximum Gasteiger partial charge on any atom is 0.244 e. The van der Waals surface area contributed by atoms with Crippen LogP contribution in [0.4, 0.5) is 0 Å². The molecule has 4 bridgehead atoms. The molecule has 9 rings (SSSR count). The maximum atomic E-state index is 13.1. The molecular formula is C33H34N2O4. The second kappa shape index (κ2) is 8.09. The Balaban J connectivity index is 1.14. The lowest BCUT2D eigenvalue weighted by Gasteiger charge is -2.70. The van der Waals surface area contributed by atoms with Crippen molar-refractivity contribution in [3.63, 3.8) is 0 Å². The van der Waals surface area contributed by atoms with E-state index in [9.17, 15) is 15.0 Å². The van der Waals surface area contributed by atoms with Crippen LogP contribution in [-0.4, -0.2) is 57.9 Å². The molecule has 6 nitrogen and oxygen atoms in total. The number of amides is 1. The molecular weight excluding hydrogens is 488 g/mol. The van der Waals surface area contributed by atoms with Crippen molar-refractivity contribution in [3.05, 3.63) is 89.5 Å². The Labute approximate surface area is 228 Å². The van der Waals surface area contributed by atoms with Crippen LogP contribution < -0.4 is 10.1 Å². The number of carbonyl (C=O) groups is 1. The summed E-state index contributed by atoms with van der Waals surface area (Å²) in [5, 5.41) is 26.3. The zero-order valence-corrected chi connectivity index (χ0v) is 21.9. The number of nitrogens with zero attached hydrogens (tertiary/aromatic N) is 1. The highest BCUT2D eigenvalue weighted by Crippen LogP contribution is 2.73. The molecule has 5 aliphatic carbocycles. The molecule has 3 N–H and O–H groups in total. The molecule has 7 aliphatic rings. The lowest BCUT2D eigenvalue weighted by molar-refractivity contribution is -0.193. The van der Waals surface area contributed by atoms with Crippen molar-refractivity contribution in [2.24, 2.45) is 11.3 Å². The quantitative estimate of drug-likeness (QED) is 0.305. The lowest BCUT2D eigenvalue weighted by atomic mass is 9.38. The summed E-state index contributed by atoms with van der Waals surface area (Å²) in [6, 6.07) is 13.5. The Morgan fingerprint density at radius 1 is 1.13 bits per heavy atom. The predicted molar refractivity (Wildman–Crippen MR) is 148 cm³/mol. The number of ether oxygens (including phenoxy) is 1. The van der Waals surface area contributed by atoms with Crippen LogP contribution in [0.2, 0.25) is 0 Å². The van der Waals surface area contributed by atoms with Crippen LogP contribution in [0.1, 0.15) is 42.4 Å². The first kappa shape index (κ1) is 23.5. The number of likely N-dealkylation sites (tertiary alicyclic amines) is 1. The van der Waals surface area contributed by atoms with Gasteiger partial charge in [-0.05, 0) is 61.8 Å². The number of rotatable bonds is 6.